The zero-order valence-corrected chi connectivity index (χ0v) is 14.6. The number of aliphatic hydroxyl groups excluding tert-OH is 2. The first-order valence-electron chi connectivity index (χ1n) is 8.36. The monoisotopic (exact) mass is 359 g/mol. The summed E-state index contributed by atoms with van der Waals surface area (Å²) in [5, 5.41) is 22.0. The highest BCUT2D eigenvalue weighted by Gasteiger charge is 2.20. The standard InChI is InChI=1S/C17H21N5O4/c1-9-7-12-13(8-11(9)18-2)22(5-3-10(24)4-6-23)15-14(19-12)16(25)21-17(26)20-15/h7-8,10,18,23-24H,3-6H2,1-2H3,(H,21,25,26). The third-order valence-electron chi connectivity index (χ3n) is 4.37. The number of hydrogen-bond acceptors (Lipinski definition) is 7. The summed E-state index contributed by atoms with van der Waals surface area (Å²) in [4.78, 5) is 34.3. The molecule has 138 valence electrons. The van der Waals surface area contributed by atoms with Gasteiger partial charge in [0.2, 0.25) is 0 Å². The maximum atomic E-state index is 12.2. The predicted octanol–water partition coefficient (Wildman–Crippen LogP) is 0.0681. The molecular formula is C17H21N5O4. The van der Waals surface area contributed by atoms with Gasteiger partial charge in [-0.25, -0.2) is 9.78 Å². The van der Waals surface area contributed by atoms with Gasteiger partial charge >= 0.3 is 5.69 Å². The topological polar surface area (TPSA) is 133 Å². The largest absolute Gasteiger partial charge is 0.396 e. The van der Waals surface area contributed by atoms with Crippen molar-refractivity contribution in [1.82, 2.24) is 19.5 Å². The van der Waals surface area contributed by atoms with Crippen LogP contribution in [0.1, 0.15) is 18.4 Å². The Morgan fingerprint density at radius 3 is 2.73 bits per heavy atom. The summed E-state index contributed by atoms with van der Waals surface area (Å²) in [6, 6.07) is 3.73. The first kappa shape index (κ1) is 18.0. The van der Waals surface area contributed by atoms with Crippen LogP contribution in [0.3, 0.4) is 0 Å². The van der Waals surface area contributed by atoms with Gasteiger partial charge in [0.25, 0.3) is 5.56 Å². The second kappa shape index (κ2) is 7.22. The average Bonchev–Trinajstić information content (AvgIpc) is 2.59. The van der Waals surface area contributed by atoms with E-state index in [4.69, 9.17) is 5.11 Å². The van der Waals surface area contributed by atoms with Gasteiger partial charge in [0, 0.05) is 25.9 Å². The number of aliphatic hydroxyl groups is 2. The normalized spacial score (nSPS) is 12.6. The molecule has 2 heterocycles. The van der Waals surface area contributed by atoms with E-state index < -0.39 is 17.4 Å². The molecule has 0 saturated carbocycles. The van der Waals surface area contributed by atoms with Crippen molar-refractivity contribution in [3.8, 4) is 11.5 Å². The van der Waals surface area contributed by atoms with Crippen LogP contribution >= 0.6 is 0 Å². The summed E-state index contributed by atoms with van der Waals surface area (Å²) < 4.78 is 1.72. The zero-order valence-electron chi connectivity index (χ0n) is 14.6. The van der Waals surface area contributed by atoms with Crippen molar-refractivity contribution >= 4 is 16.7 Å². The first-order valence-corrected chi connectivity index (χ1v) is 8.36. The lowest BCUT2D eigenvalue weighted by molar-refractivity contribution is 0.121. The highest BCUT2D eigenvalue weighted by Crippen LogP contribution is 2.26. The van der Waals surface area contributed by atoms with Crippen LogP contribution in [0.4, 0.5) is 5.69 Å². The molecule has 0 saturated heterocycles. The van der Waals surface area contributed by atoms with E-state index in [2.05, 4.69) is 20.3 Å². The van der Waals surface area contributed by atoms with Crippen LogP contribution in [0.15, 0.2) is 21.7 Å². The molecule has 0 spiro atoms. The van der Waals surface area contributed by atoms with Gasteiger partial charge in [-0.1, -0.05) is 0 Å². The Hall–Kier alpha value is -2.78. The average molecular weight is 359 g/mol. The van der Waals surface area contributed by atoms with Gasteiger partial charge in [-0.05, 0) is 37.5 Å². The molecule has 3 rings (SSSR count). The van der Waals surface area contributed by atoms with Crippen LogP contribution < -0.4 is 16.6 Å². The van der Waals surface area contributed by atoms with Gasteiger partial charge in [0.1, 0.15) is 0 Å². The van der Waals surface area contributed by atoms with Crippen LogP contribution in [0.2, 0.25) is 0 Å². The Labute approximate surface area is 148 Å². The van der Waals surface area contributed by atoms with Crippen LogP contribution in [-0.4, -0.2) is 49.5 Å². The number of aromatic nitrogens is 4. The van der Waals surface area contributed by atoms with E-state index >= 15 is 0 Å². The number of nitrogens with one attached hydrogen (secondary N) is 2. The minimum absolute atomic E-state index is 0.0744. The Morgan fingerprint density at radius 2 is 2.04 bits per heavy atom. The molecule has 4 N–H and O–H groups in total. The van der Waals surface area contributed by atoms with Crippen molar-refractivity contribution in [2.75, 3.05) is 19.0 Å². The van der Waals surface area contributed by atoms with Gasteiger partial charge in [-0.15, -0.1) is 0 Å². The lowest BCUT2D eigenvalue weighted by Gasteiger charge is -2.19. The highest BCUT2D eigenvalue weighted by atomic mass is 16.3. The Balaban J connectivity index is 2.27. The van der Waals surface area contributed by atoms with E-state index in [-0.39, 0.29) is 24.5 Å². The molecule has 26 heavy (non-hydrogen) atoms. The van der Waals surface area contributed by atoms with E-state index in [0.717, 1.165) is 11.3 Å². The third-order valence-corrected chi connectivity index (χ3v) is 4.37. The molecule has 0 aliphatic carbocycles. The summed E-state index contributed by atoms with van der Waals surface area (Å²) in [7, 11) is 1.80. The fraction of sp³-hybridized carbons (Fsp3) is 0.412. The summed E-state index contributed by atoms with van der Waals surface area (Å²) in [6.45, 7) is 2.13. The van der Waals surface area contributed by atoms with Crippen LogP contribution in [0.5, 0.6) is 0 Å². The maximum absolute atomic E-state index is 12.2. The van der Waals surface area contributed by atoms with Gasteiger partial charge in [0.05, 0.1) is 17.1 Å². The van der Waals surface area contributed by atoms with E-state index in [1.54, 1.807) is 11.6 Å². The van der Waals surface area contributed by atoms with Gasteiger partial charge in [-0.3, -0.25) is 9.78 Å². The molecule has 0 amide bonds. The van der Waals surface area contributed by atoms with Gasteiger partial charge < -0.3 is 20.1 Å². The summed E-state index contributed by atoms with van der Waals surface area (Å²) >= 11 is 0. The number of benzene rings is 1. The molecule has 2 aliphatic rings. The number of aryl methyl sites for hydroxylation is 2. The van der Waals surface area contributed by atoms with E-state index in [0.29, 0.717) is 24.0 Å². The number of hydrogen-bond donors (Lipinski definition) is 4. The Kier molecular flexibility index (Phi) is 5.01. The SMILES string of the molecule is CNc1cc2c(cc1C)nc1c(=O)[nH]c(=O)nc-1n2CCC(O)CCO. The van der Waals surface area contributed by atoms with Crippen molar-refractivity contribution in [2.24, 2.45) is 0 Å². The Bertz CT molecular complexity index is 1030. The van der Waals surface area contributed by atoms with Crippen molar-refractivity contribution < 1.29 is 10.2 Å². The molecule has 2 aliphatic heterocycles. The fourth-order valence-corrected chi connectivity index (χ4v) is 3.01. The number of H-pyrrole nitrogens is 1. The minimum Gasteiger partial charge on any atom is -0.396 e. The lowest BCUT2D eigenvalue weighted by atomic mass is 10.1. The number of aromatic amines is 1. The molecule has 1 aromatic carbocycles. The van der Waals surface area contributed by atoms with E-state index in [1.165, 1.54) is 0 Å². The fourth-order valence-electron chi connectivity index (χ4n) is 3.01. The van der Waals surface area contributed by atoms with Crippen LogP contribution in [0.25, 0.3) is 22.6 Å². The smallest absolute Gasteiger partial charge is 0.349 e. The second-order valence-electron chi connectivity index (χ2n) is 6.17. The molecule has 1 atom stereocenters. The molecule has 0 fully saturated rings. The van der Waals surface area contributed by atoms with Crippen molar-refractivity contribution in [3.05, 3.63) is 38.5 Å². The number of nitrogens with zero attached hydrogens (tertiary/aromatic N) is 3. The number of fused-ring (bicyclic) bond motifs is 2. The zero-order chi connectivity index (χ0) is 18.8. The quantitative estimate of drug-likeness (QED) is 0.458. The molecule has 0 bridgehead atoms. The summed E-state index contributed by atoms with van der Waals surface area (Å²) in [5.41, 5.74) is 1.87. The number of anilines is 1. The molecular weight excluding hydrogens is 338 g/mol. The molecule has 1 aromatic rings. The third kappa shape index (κ3) is 3.31. The molecule has 9 heteroatoms. The van der Waals surface area contributed by atoms with Crippen molar-refractivity contribution in [2.45, 2.75) is 32.4 Å². The van der Waals surface area contributed by atoms with E-state index in [1.807, 2.05) is 19.1 Å². The Morgan fingerprint density at radius 1 is 1.27 bits per heavy atom. The molecule has 0 radical (unpaired) electrons. The molecule has 1 unspecified atom stereocenters. The van der Waals surface area contributed by atoms with Crippen LogP contribution in [-0.2, 0) is 6.54 Å². The second-order valence-corrected chi connectivity index (χ2v) is 6.17. The van der Waals surface area contributed by atoms with E-state index in [9.17, 15) is 14.7 Å². The first-order chi connectivity index (χ1) is 12.4. The lowest BCUT2D eigenvalue weighted by Crippen LogP contribution is -2.29. The molecule has 9 nitrogen and oxygen atoms in total. The predicted molar refractivity (Wildman–Crippen MR) is 97.7 cm³/mol. The van der Waals surface area contributed by atoms with Crippen molar-refractivity contribution in [3.63, 3.8) is 0 Å². The molecule has 0 aromatic heterocycles. The van der Waals surface area contributed by atoms with Gasteiger partial charge in [0.15, 0.2) is 11.5 Å². The van der Waals surface area contributed by atoms with Crippen molar-refractivity contribution in [1.29, 1.82) is 0 Å². The van der Waals surface area contributed by atoms with Crippen LogP contribution in [0, 0.1) is 6.92 Å². The minimum atomic E-state index is -0.741. The highest BCUT2D eigenvalue weighted by molar-refractivity contribution is 5.84. The number of rotatable bonds is 6. The summed E-state index contributed by atoms with van der Waals surface area (Å²) in [6.07, 6.45) is -0.109. The maximum Gasteiger partial charge on any atom is 0.349 e. The van der Waals surface area contributed by atoms with Gasteiger partial charge in [-0.2, -0.15) is 4.98 Å². The summed E-state index contributed by atoms with van der Waals surface area (Å²) in [5.74, 6) is 0.174.